The van der Waals surface area contributed by atoms with E-state index in [1.54, 1.807) is 6.20 Å². The van der Waals surface area contributed by atoms with E-state index in [0.29, 0.717) is 12.5 Å². The van der Waals surface area contributed by atoms with E-state index in [9.17, 15) is 0 Å². The van der Waals surface area contributed by atoms with Gasteiger partial charge in [0, 0.05) is 13.2 Å². The second kappa shape index (κ2) is 7.17. The molecule has 0 saturated carbocycles. The monoisotopic (exact) mass is 223 g/mol. The van der Waals surface area contributed by atoms with Crippen molar-refractivity contribution in [2.75, 3.05) is 25.1 Å². The molecule has 0 bridgehead atoms. The summed E-state index contributed by atoms with van der Waals surface area (Å²) in [7, 11) is 0. The Kier molecular flexibility index (Phi) is 5.78. The number of nitrogens with zero attached hydrogens (tertiary/aromatic N) is 2. The maximum absolute atomic E-state index is 5.49. The molecule has 0 spiro atoms. The van der Waals surface area contributed by atoms with Gasteiger partial charge in [0.1, 0.15) is 5.82 Å². The number of hydrogen-bond donors (Lipinski definition) is 1. The predicted molar refractivity (Wildman–Crippen MR) is 65.5 cm³/mol. The maximum Gasteiger partial charge on any atom is 0.148 e. The van der Waals surface area contributed by atoms with Crippen molar-refractivity contribution < 1.29 is 4.74 Å². The van der Waals surface area contributed by atoms with E-state index >= 15 is 0 Å². The number of hydrogen-bond acceptors (Lipinski definition) is 4. The van der Waals surface area contributed by atoms with Crippen molar-refractivity contribution in [1.29, 1.82) is 0 Å². The lowest BCUT2D eigenvalue weighted by molar-refractivity contribution is 0.132. The zero-order valence-electron chi connectivity index (χ0n) is 10.4. The zero-order valence-corrected chi connectivity index (χ0v) is 10.4. The normalized spacial score (nSPS) is 10.8. The van der Waals surface area contributed by atoms with Crippen LogP contribution in [0.25, 0.3) is 0 Å². The van der Waals surface area contributed by atoms with Crippen LogP contribution in [0.3, 0.4) is 0 Å². The van der Waals surface area contributed by atoms with Crippen LogP contribution in [0.15, 0.2) is 12.3 Å². The Hall–Kier alpha value is -1.16. The van der Waals surface area contributed by atoms with Gasteiger partial charge in [-0.05, 0) is 30.9 Å². The summed E-state index contributed by atoms with van der Waals surface area (Å²) in [5.41, 5.74) is 1.11. The molecular formula is C12H21N3O. The van der Waals surface area contributed by atoms with Gasteiger partial charge in [0.2, 0.25) is 0 Å². The van der Waals surface area contributed by atoms with Gasteiger partial charge in [-0.3, -0.25) is 0 Å². The van der Waals surface area contributed by atoms with E-state index in [2.05, 4.69) is 29.4 Å². The topological polar surface area (TPSA) is 47.0 Å². The molecule has 0 atom stereocenters. The van der Waals surface area contributed by atoms with Gasteiger partial charge < -0.3 is 10.1 Å². The van der Waals surface area contributed by atoms with Gasteiger partial charge in [-0.15, -0.1) is 5.10 Å². The standard InChI is InChI=1S/C12H21N3O/c1-10(2)4-6-16-7-5-13-12-8-11(3)9-14-15-12/h8-10H,4-7H2,1-3H3,(H,13,15). The Labute approximate surface area is 97.4 Å². The van der Waals surface area contributed by atoms with Crippen molar-refractivity contribution in [3.8, 4) is 0 Å². The summed E-state index contributed by atoms with van der Waals surface area (Å²) in [5.74, 6) is 1.52. The van der Waals surface area contributed by atoms with Crippen molar-refractivity contribution >= 4 is 5.82 Å². The molecule has 0 aromatic carbocycles. The molecule has 0 aliphatic carbocycles. The molecule has 1 aromatic heterocycles. The molecule has 0 amide bonds. The molecule has 1 heterocycles. The first-order valence-electron chi connectivity index (χ1n) is 5.79. The van der Waals surface area contributed by atoms with Gasteiger partial charge in [0.05, 0.1) is 12.8 Å². The summed E-state index contributed by atoms with van der Waals surface area (Å²) >= 11 is 0. The number of ether oxygens (including phenoxy) is 1. The lowest BCUT2D eigenvalue weighted by Gasteiger charge is -2.07. The SMILES string of the molecule is Cc1cnnc(NCCOCCC(C)C)c1. The molecule has 0 radical (unpaired) electrons. The Morgan fingerprint density at radius 1 is 1.38 bits per heavy atom. The average Bonchev–Trinajstić information content (AvgIpc) is 2.23. The third-order valence-corrected chi connectivity index (χ3v) is 2.18. The molecule has 4 nitrogen and oxygen atoms in total. The van der Waals surface area contributed by atoms with Crippen LogP contribution in [0.4, 0.5) is 5.82 Å². The maximum atomic E-state index is 5.49. The second-order valence-electron chi connectivity index (χ2n) is 4.34. The minimum absolute atomic E-state index is 0.704. The summed E-state index contributed by atoms with van der Waals surface area (Å²) in [6, 6.07) is 1.97. The Bertz CT molecular complexity index is 302. The summed E-state index contributed by atoms with van der Waals surface area (Å²) in [6.07, 6.45) is 2.86. The Balaban J connectivity index is 2.07. The molecule has 1 aromatic rings. The van der Waals surface area contributed by atoms with Gasteiger partial charge in [0.25, 0.3) is 0 Å². The Morgan fingerprint density at radius 2 is 2.19 bits per heavy atom. The fraction of sp³-hybridized carbons (Fsp3) is 0.667. The van der Waals surface area contributed by atoms with Gasteiger partial charge in [-0.25, -0.2) is 0 Å². The number of anilines is 1. The molecule has 0 saturated heterocycles. The van der Waals surface area contributed by atoms with Gasteiger partial charge in [-0.2, -0.15) is 5.10 Å². The molecule has 0 aliphatic heterocycles. The van der Waals surface area contributed by atoms with Crippen LogP contribution in [0.1, 0.15) is 25.8 Å². The van der Waals surface area contributed by atoms with Gasteiger partial charge in [0.15, 0.2) is 0 Å². The molecule has 4 heteroatoms. The first kappa shape index (κ1) is 12.9. The highest BCUT2D eigenvalue weighted by Gasteiger charge is 1.96. The molecule has 0 fully saturated rings. The minimum Gasteiger partial charge on any atom is -0.380 e. The van der Waals surface area contributed by atoms with Gasteiger partial charge in [-0.1, -0.05) is 13.8 Å². The third-order valence-electron chi connectivity index (χ3n) is 2.18. The van der Waals surface area contributed by atoms with Crippen molar-refractivity contribution in [3.05, 3.63) is 17.8 Å². The van der Waals surface area contributed by atoms with E-state index in [-0.39, 0.29) is 0 Å². The van der Waals surface area contributed by atoms with Crippen LogP contribution in [-0.4, -0.2) is 30.0 Å². The number of aromatic nitrogens is 2. The largest absolute Gasteiger partial charge is 0.380 e. The fourth-order valence-corrected chi connectivity index (χ4v) is 1.22. The fourth-order valence-electron chi connectivity index (χ4n) is 1.22. The first-order chi connectivity index (χ1) is 7.68. The number of aryl methyl sites for hydroxylation is 1. The average molecular weight is 223 g/mol. The quantitative estimate of drug-likeness (QED) is 0.720. The van der Waals surface area contributed by atoms with Crippen molar-refractivity contribution in [2.45, 2.75) is 27.2 Å². The van der Waals surface area contributed by atoms with Crippen LogP contribution < -0.4 is 5.32 Å². The van der Waals surface area contributed by atoms with Crippen LogP contribution in [0.5, 0.6) is 0 Å². The molecule has 90 valence electrons. The highest BCUT2D eigenvalue weighted by Crippen LogP contribution is 2.02. The third kappa shape index (κ3) is 5.66. The zero-order chi connectivity index (χ0) is 11.8. The number of rotatable bonds is 7. The van der Waals surface area contributed by atoms with Crippen molar-refractivity contribution in [3.63, 3.8) is 0 Å². The molecule has 1 N–H and O–H groups in total. The molecule has 1 rings (SSSR count). The van der Waals surface area contributed by atoms with Crippen molar-refractivity contribution in [2.24, 2.45) is 5.92 Å². The predicted octanol–water partition coefficient (Wildman–Crippen LogP) is 2.26. The van der Waals surface area contributed by atoms with E-state index in [1.165, 1.54) is 0 Å². The lowest BCUT2D eigenvalue weighted by atomic mass is 10.1. The smallest absolute Gasteiger partial charge is 0.148 e. The van der Waals surface area contributed by atoms with E-state index in [1.807, 2.05) is 13.0 Å². The minimum atomic E-state index is 0.704. The first-order valence-corrected chi connectivity index (χ1v) is 5.79. The highest BCUT2D eigenvalue weighted by atomic mass is 16.5. The lowest BCUT2D eigenvalue weighted by Crippen LogP contribution is -2.12. The van der Waals surface area contributed by atoms with E-state index in [4.69, 9.17) is 4.74 Å². The second-order valence-corrected chi connectivity index (χ2v) is 4.34. The summed E-state index contributed by atoms with van der Waals surface area (Å²) < 4.78 is 5.49. The van der Waals surface area contributed by atoms with E-state index < -0.39 is 0 Å². The molecule has 0 unspecified atom stereocenters. The van der Waals surface area contributed by atoms with Crippen LogP contribution in [0.2, 0.25) is 0 Å². The Morgan fingerprint density at radius 3 is 2.88 bits per heavy atom. The molecule has 0 aliphatic rings. The summed E-state index contributed by atoms with van der Waals surface area (Å²) in [4.78, 5) is 0. The summed E-state index contributed by atoms with van der Waals surface area (Å²) in [5, 5.41) is 11.0. The molecule has 16 heavy (non-hydrogen) atoms. The van der Waals surface area contributed by atoms with Gasteiger partial charge >= 0.3 is 0 Å². The van der Waals surface area contributed by atoms with Crippen LogP contribution in [-0.2, 0) is 4.74 Å². The van der Waals surface area contributed by atoms with Crippen LogP contribution >= 0.6 is 0 Å². The van der Waals surface area contributed by atoms with Crippen LogP contribution in [0, 0.1) is 12.8 Å². The number of nitrogens with one attached hydrogen (secondary N) is 1. The van der Waals surface area contributed by atoms with E-state index in [0.717, 1.165) is 31.0 Å². The highest BCUT2D eigenvalue weighted by molar-refractivity contribution is 5.34. The van der Waals surface area contributed by atoms with Crippen molar-refractivity contribution in [1.82, 2.24) is 10.2 Å². The summed E-state index contributed by atoms with van der Waals surface area (Å²) in [6.45, 7) is 8.71. The molecular weight excluding hydrogens is 202 g/mol.